The fourth-order valence-electron chi connectivity index (χ4n) is 3.80. The van der Waals surface area contributed by atoms with E-state index >= 15 is 0 Å². The summed E-state index contributed by atoms with van der Waals surface area (Å²) in [4.78, 5) is 19.6. The van der Waals surface area contributed by atoms with Gasteiger partial charge in [0, 0.05) is 45.5 Å². The number of carbonyl (C=O) groups excluding carboxylic acids is 1. The van der Waals surface area contributed by atoms with E-state index in [0.29, 0.717) is 13.2 Å². The van der Waals surface area contributed by atoms with Crippen molar-refractivity contribution in [1.29, 1.82) is 0 Å². The summed E-state index contributed by atoms with van der Waals surface area (Å²) in [6.07, 6.45) is 3.76. The Kier molecular flexibility index (Phi) is 5.54. The quantitative estimate of drug-likeness (QED) is 0.810. The van der Waals surface area contributed by atoms with E-state index < -0.39 is 5.54 Å². The summed E-state index contributed by atoms with van der Waals surface area (Å²) in [6.45, 7) is 8.84. The molecule has 1 amide bonds. The number of piperidine rings is 1. The molecule has 7 nitrogen and oxygen atoms in total. The largest absolute Gasteiger partial charge is 0.379 e. The predicted molar refractivity (Wildman–Crippen MR) is 96.5 cm³/mol. The molecule has 1 atom stereocenters. The lowest BCUT2D eigenvalue weighted by molar-refractivity contribution is -0.146. The molecular formula is C18H29N5O2. The molecule has 3 rings (SSSR count). The van der Waals surface area contributed by atoms with Crippen LogP contribution in [0.5, 0.6) is 0 Å². The molecule has 0 bridgehead atoms. The van der Waals surface area contributed by atoms with E-state index in [4.69, 9.17) is 4.74 Å². The first kappa shape index (κ1) is 18.1. The number of likely N-dealkylation sites (N-methyl/N-ethyl adjacent to an activating group) is 1. The number of hydrogen-bond donors (Lipinski definition) is 0. The van der Waals surface area contributed by atoms with Crippen LogP contribution in [0.15, 0.2) is 18.3 Å². The van der Waals surface area contributed by atoms with Crippen molar-refractivity contribution in [3.05, 3.63) is 18.3 Å². The van der Waals surface area contributed by atoms with E-state index in [9.17, 15) is 4.79 Å². The van der Waals surface area contributed by atoms with Gasteiger partial charge in [0.1, 0.15) is 0 Å². The third kappa shape index (κ3) is 3.93. The molecule has 1 aromatic heterocycles. The van der Waals surface area contributed by atoms with Gasteiger partial charge in [0.15, 0.2) is 5.82 Å². The topological polar surface area (TPSA) is 61.8 Å². The number of rotatable bonds is 4. The predicted octanol–water partition coefficient (Wildman–Crippen LogP) is 1.01. The first-order valence-corrected chi connectivity index (χ1v) is 9.13. The summed E-state index contributed by atoms with van der Waals surface area (Å²) in [5.74, 6) is 1.07. The highest BCUT2D eigenvalue weighted by atomic mass is 16.5. The maximum atomic E-state index is 13.2. The van der Waals surface area contributed by atoms with E-state index in [0.717, 1.165) is 44.8 Å². The van der Waals surface area contributed by atoms with Crippen molar-refractivity contribution < 1.29 is 9.53 Å². The summed E-state index contributed by atoms with van der Waals surface area (Å²) < 4.78 is 5.43. The second-order valence-corrected chi connectivity index (χ2v) is 7.40. The zero-order valence-electron chi connectivity index (χ0n) is 15.5. The fraction of sp³-hybridized carbons (Fsp3) is 0.722. The van der Waals surface area contributed by atoms with Gasteiger partial charge in [-0.2, -0.15) is 5.10 Å². The molecule has 0 radical (unpaired) electrons. The average Bonchev–Trinajstić information content (AvgIpc) is 2.68. The minimum atomic E-state index is -0.507. The van der Waals surface area contributed by atoms with Gasteiger partial charge in [0.25, 0.3) is 0 Å². The normalized spacial score (nSPS) is 22.7. The molecule has 138 valence electrons. The van der Waals surface area contributed by atoms with Gasteiger partial charge in [-0.05, 0) is 38.8 Å². The van der Waals surface area contributed by atoms with Crippen molar-refractivity contribution in [2.75, 3.05) is 51.3 Å². The van der Waals surface area contributed by atoms with Crippen LogP contribution < -0.4 is 4.90 Å². The van der Waals surface area contributed by atoms with Gasteiger partial charge in [0.2, 0.25) is 5.91 Å². The Morgan fingerprint density at radius 1 is 1.32 bits per heavy atom. The Labute approximate surface area is 149 Å². The highest BCUT2D eigenvalue weighted by molar-refractivity contribution is 5.85. The Bertz CT molecular complexity index is 574. The average molecular weight is 347 g/mol. The monoisotopic (exact) mass is 347 g/mol. The number of aromatic nitrogens is 2. The third-order valence-corrected chi connectivity index (χ3v) is 5.47. The molecule has 0 saturated carbocycles. The van der Waals surface area contributed by atoms with Gasteiger partial charge >= 0.3 is 0 Å². The number of carbonyl (C=O) groups is 1. The second kappa shape index (κ2) is 7.66. The number of morpholine rings is 1. The maximum absolute atomic E-state index is 13.2. The van der Waals surface area contributed by atoms with Crippen LogP contribution in [0.3, 0.4) is 0 Å². The lowest BCUT2D eigenvalue weighted by Gasteiger charge is -2.45. The number of anilines is 1. The molecule has 0 aromatic carbocycles. The molecule has 2 aliphatic rings. The summed E-state index contributed by atoms with van der Waals surface area (Å²) in [5, 5.41) is 8.19. The maximum Gasteiger partial charge on any atom is 0.242 e. The number of amides is 1. The highest BCUT2D eigenvalue weighted by Crippen LogP contribution is 2.24. The Balaban J connectivity index is 1.66. The molecule has 0 aliphatic carbocycles. The Hall–Kier alpha value is -1.73. The molecule has 25 heavy (non-hydrogen) atoms. The lowest BCUT2D eigenvalue weighted by atomic mass is 9.97. The van der Waals surface area contributed by atoms with E-state index in [1.54, 1.807) is 6.20 Å². The first-order chi connectivity index (χ1) is 12.0. The molecular weight excluding hydrogens is 318 g/mol. The lowest BCUT2D eigenvalue weighted by Crippen LogP contribution is -2.61. The van der Waals surface area contributed by atoms with Crippen molar-refractivity contribution in [3.8, 4) is 0 Å². The minimum Gasteiger partial charge on any atom is -0.379 e. The number of hydrogen-bond acceptors (Lipinski definition) is 6. The van der Waals surface area contributed by atoms with E-state index in [2.05, 4.69) is 20.0 Å². The zero-order valence-corrected chi connectivity index (χ0v) is 15.5. The highest BCUT2D eigenvalue weighted by Gasteiger charge is 2.40. The molecule has 7 heteroatoms. The van der Waals surface area contributed by atoms with Gasteiger partial charge in [0.05, 0.1) is 18.8 Å². The van der Waals surface area contributed by atoms with Crippen molar-refractivity contribution in [2.24, 2.45) is 0 Å². The summed E-state index contributed by atoms with van der Waals surface area (Å²) >= 11 is 0. The van der Waals surface area contributed by atoms with Crippen LogP contribution in [0.2, 0.25) is 0 Å². The van der Waals surface area contributed by atoms with Crippen LogP contribution in [0.4, 0.5) is 5.82 Å². The Morgan fingerprint density at radius 2 is 2.08 bits per heavy atom. The SMILES string of the molecule is CN(C(=O)C(C)(C)N1CCOCC1)[C@@H]1CCCN(c2cccnn2)C1. The van der Waals surface area contributed by atoms with Crippen molar-refractivity contribution >= 4 is 11.7 Å². The van der Waals surface area contributed by atoms with Crippen molar-refractivity contribution in [2.45, 2.75) is 38.3 Å². The van der Waals surface area contributed by atoms with E-state index in [-0.39, 0.29) is 11.9 Å². The molecule has 2 saturated heterocycles. The van der Waals surface area contributed by atoms with Crippen LogP contribution in [0.1, 0.15) is 26.7 Å². The zero-order chi connectivity index (χ0) is 17.9. The van der Waals surface area contributed by atoms with Gasteiger partial charge in [-0.1, -0.05) is 0 Å². The van der Waals surface area contributed by atoms with Gasteiger partial charge in [-0.25, -0.2) is 0 Å². The number of ether oxygens (including phenoxy) is 1. The van der Waals surface area contributed by atoms with Gasteiger partial charge < -0.3 is 14.5 Å². The van der Waals surface area contributed by atoms with Crippen LogP contribution in [-0.4, -0.2) is 83.9 Å². The van der Waals surface area contributed by atoms with Crippen LogP contribution >= 0.6 is 0 Å². The molecule has 0 unspecified atom stereocenters. The summed E-state index contributed by atoms with van der Waals surface area (Å²) in [7, 11) is 1.94. The van der Waals surface area contributed by atoms with E-state index in [1.165, 1.54) is 0 Å². The van der Waals surface area contributed by atoms with Gasteiger partial charge in [-0.3, -0.25) is 9.69 Å². The van der Waals surface area contributed by atoms with Crippen LogP contribution in [0.25, 0.3) is 0 Å². The Morgan fingerprint density at radius 3 is 2.76 bits per heavy atom. The van der Waals surface area contributed by atoms with Crippen LogP contribution in [0, 0.1) is 0 Å². The summed E-state index contributed by atoms with van der Waals surface area (Å²) in [5.41, 5.74) is -0.507. The first-order valence-electron chi connectivity index (χ1n) is 9.13. The van der Waals surface area contributed by atoms with Crippen molar-refractivity contribution in [3.63, 3.8) is 0 Å². The molecule has 1 aromatic rings. The minimum absolute atomic E-state index is 0.181. The molecule has 0 spiro atoms. The molecule has 0 N–H and O–H groups in total. The van der Waals surface area contributed by atoms with Crippen LogP contribution in [-0.2, 0) is 9.53 Å². The number of nitrogens with zero attached hydrogens (tertiary/aromatic N) is 5. The molecule has 2 aliphatic heterocycles. The summed E-state index contributed by atoms with van der Waals surface area (Å²) in [6, 6.07) is 4.08. The smallest absolute Gasteiger partial charge is 0.242 e. The third-order valence-electron chi connectivity index (χ3n) is 5.47. The second-order valence-electron chi connectivity index (χ2n) is 7.40. The van der Waals surface area contributed by atoms with Gasteiger partial charge in [-0.15, -0.1) is 5.10 Å². The van der Waals surface area contributed by atoms with Crippen molar-refractivity contribution in [1.82, 2.24) is 20.0 Å². The van der Waals surface area contributed by atoms with E-state index in [1.807, 2.05) is 37.9 Å². The fourth-order valence-corrected chi connectivity index (χ4v) is 3.80. The molecule has 2 fully saturated rings. The standard InChI is InChI=1S/C18H29N5O2/c1-18(2,23-10-12-25-13-11-23)17(24)21(3)15-6-5-9-22(14-15)16-7-4-8-19-20-16/h4,7-8,15H,5-6,9-14H2,1-3H3/t15-/m1/s1. The molecule has 3 heterocycles.